The highest BCUT2D eigenvalue weighted by molar-refractivity contribution is 5.93. The lowest BCUT2D eigenvalue weighted by atomic mass is 10.0. The van der Waals surface area contributed by atoms with Gasteiger partial charge in [0.15, 0.2) is 0 Å². The Morgan fingerprint density at radius 3 is 2.54 bits per heavy atom. The summed E-state index contributed by atoms with van der Waals surface area (Å²) in [6.45, 7) is 2.74. The number of nitrogens with one attached hydrogen (secondary N) is 1. The molecule has 24 heavy (non-hydrogen) atoms. The van der Waals surface area contributed by atoms with Gasteiger partial charge in [-0.1, -0.05) is 6.07 Å². The van der Waals surface area contributed by atoms with Crippen LogP contribution < -0.4 is 5.32 Å². The van der Waals surface area contributed by atoms with Gasteiger partial charge in [-0.15, -0.1) is 0 Å². The summed E-state index contributed by atoms with van der Waals surface area (Å²) in [6, 6.07) is 5.51. The van der Waals surface area contributed by atoms with Crippen LogP contribution in [0.4, 0.5) is 0 Å². The van der Waals surface area contributed by atoms with Gasteiger partial charge in [0.25, 0.3) is 5.91 Å². The van der Waals surface area contributed by atoms with Gasteiger partial charge in [-0.25, -0.2) is 15.0 Å². The molecule has 0 bridgehead atoms. The Bertz CT molecular complexity index is 727. The van der Waals surface area contributed by atoms with Crippen molar-refractivity contribution in [1.82, 2.24) is 25.2 Å². The molecule has 2 amide bonds. The minimum atomic E-state index is -0.0880. The molecule has 0 aromatic carbocycles. The molecule has 1 saturated heterocycles. The fraction of sp³-hybridized carbons (Fsp3) is 0.353. The van der Waals surface area contributed by atoms with E-state index in [2.05, 4.69) is 20.3 Å². The number of carbonyl (C=O) groups is 2. The zero-order valence-corrected chi connectivity index (χ0v) is 13.5. The smallest absolute Gasteiger partial charge is 0.272 e. The average Bonchev–Trinajstić information content (AvgIpc) is 2.62. The van der Waals surface area contributed by atoms with Crippen molar-refractivity contribution >= 4 is 11.8 Å². The number of amides is 2. The fourth-order valence-corrected chi connectivity index (χ4v) is 2.82. The van der Waals surface area contributed by atoms with Crippen LogP contribution in [0.3, 0.4) is 0 Å². The molecule has 0 atom stereocenters. The minimum Gasteiger partial charge on any atom is -0.353 e. The van der Waals surface area contributed by atoms with Crippen molar-refractivity contribution in [3.8, 4) is 11.3 Å². The van der Waals surface area contributed by atoms with Crippen molar-refractivity contribution < 1.29 is 9.59 Å². The summed E-state index contributed by atoms with van der Waals surface area (Å²) in [5.41, 5.74) is 1.86. The Morgan fingerprint density at radius 2 is 1.88 bits per heavy atom. The van der Waals surface area contributed by atoms with Crippen LogP contribution in [0.25, 0.3) is 11.3 Å². The number of carbonyl (C=O) groups excluding carboxylic acids is 2. The van der Waals surface area contributed by atoms with Crippen molar-refractivity contribution in [3.63, 3.8) is 0 Å². The summed E-state index contributed by atoms with van der Waals surface area (Å²) >= 11 is 0. The summed E-state index contributed by atoms with van der Waals surface area (Å²) in [4.78, 5) is 37.9. The Kier molecular flexibility index (Phi) is 4.79. The van der Waals surface area contributed by atoms with E-state index in [-0.39, 0.29) is 17.9 Å². The quantitative estimate of drug-likeness (QED) is 0.918. The van der Waals surface area contributed by atoms with Gasteiger partial charge in [-0.05, 0) is 25.0 Å². The molecular formula is C17H19N5O2. The van der Waals surface area contributed by atoms with Crippen LogP contribution in [0, 0.1) is 0 Å². The van der Waals surface area contributed by atoms with Crippen LogP contribution in [0.15, 0.2) is 36.9 Å². The number of likely N-dealkylation sites (tertiary alicyclic amines) is 1. The molecular weight excluding hydrogens is 306 g/mol. The van der Waals surface area contributed by atoms with E-state index in [1.165, 1.54) is 13.3 Å². The maximum absolute atomic E-state index is 12.7. The van der Waals surface area contributed by atoms with Gasteiger partial charge >= 0.3 is 0 Å². The van der Waals surface area contributed by atoms with Crippen LogP contribution in [0.5, 0.6) is 0 Å². The molecule has 1 aliphatic rings. The van der Waals surface area contributed by atoms with E-state index in [1.807, 2.05) is 12.1 Å². The van der Waals surface area contributed by atoms with E-state index in [4.69, 9.17) is 0 Å². The molecule has 0 unspecified atom stereocenters. The second-order valence-electron chi connectivity index (χ2n) is 5.80. The monoisotopic (exact) mass is 325 g/mol. The standard InChI is InChI=1S/C17H19N5O2/c1-12(23)20-14-5-7-22(8-6-14)17(24)16-4-2-3-15(21-16)13-9-18-11-19-10-13/h2-4,9-11,14H,5-8H2,1H3,(H,20,23). The van der Waals surface area contributed by atoms with Crippen molar-refractivity contribution in [2.75, 3.05) is 13.1 Å². The van der Waals surface area contributed by atoms with Crippen LogP contribution in [0.2, 0.25) is 0 Å². The lowest BCUT2D eigenvalue weighted by Crippen LogP contribution is -2.46. The van der Waals surface area contributed by atoms with Gasteiger partial charge < -0.3 is 10.2 Å². The van der Waals surface area contributed by atoms with Gasteiger partial charge in [-0.2, -0.15) is 0 Å². The predicted octanol–water partition coefficient (Wildman–Crippen LogP) is 1.28. The lowest BCUT2D eigenvalue weighted by Gasteiger charge is -2.32. The highest BCUT2D eigenvalue weighted by Crippen LogP contribution is 2.17. The molecule has 0 spiro atoms. The first-order chi connectivity index (χ1) is 11.6. The molecule has 0 radical (unpaired) electrons. The predicted molar refractivity (Wildman–Crippen MR) is 88.0 cm³/mol. The Hall–Kier alpha value is -2.83. The third kappa shape index (κ3) is 3.73. The summed E-state index contributed by atoms with van der Waals surface area (Å²) < 4.78 is 0. The van der Waals surface area contributed by atoms with Crippen LogP contribution >= 0.6 is 0 Å². The summed E-state index contributed by atoms with van der Waals surface area (Å²) in [7, 11) is 0. The van der Waals surface area contributed by atoms with E-state index in [1.54, 1.807) is 23.4 Å². The SMILES string of the molecule is CC(=O)NC1CCN(C(=O)c2cccc(-c3cncnc3)n2)CC1. The first-order valence-electron chi connectivity index (χ1n) is 7.92. The number of pyridine rings is 1. The van der Waals surface area contributed by atoms with Crippen molar-refractivity contribution in [3.05, 3.63) is 42.6 Å². The Balaban J connectivity index is 1.69. The largest absolute Gasteiger partial charge is 0.353 e. The molecule has 7 nitrogen and oxygen atoms in total. The number of rotatable bonds is 3. The van der Waals surface area contributed by atoms with E-state index >= 15 is 0 Å². The summed E-state index contributed by atoms with van der Waals surface area (Å²) in [5.74, 6) is -0.116. The van der Waals surface area contributed by atoms with Gasteiger partial charge in [0.1, 0.15) is 12.0 Å². The fourth-order valence-electron chi connectivity index (χ4n) is 2.82. The molecule has 7 heteroatoms. The maximum atomic E-state index is 12.7. The molecule has 2 aromatic rings. The highest BCUT2D eigenvalue weighted by Gasteiger charge is 2.24. The molecule has 2 aromatic heterocycles. The topological polar surface area (TPSA) is 88.1 Å². The van der Waals surface area contributed by atoms with E-state index < -0.39 is 0 Å². The second kappa shape index (κ2) is 7.16. The molecule has 3 heterocycles. The Labute approximate surface area is 140 Å². The van der Waals surface area contributed by atoms with Crippen molar-refractivity contribution in [1.29, 1.82) is 0 Å². The molecule has 0 aliphatic carbocycles. The van der Waals surface area contributed by atoms with Crippen molar-refractivity contribution in [2.24, 2.45) is 0 Å². The zero-order valence-electron chi connectivity index (χ0n) is 13.5. The van der Waals surface area contributed by atoms with Gasteiger partial charge in [0, 0.05) is 44.0 Å². The van der Waals surface area contributed by atoms with Gasteiger partial charge in [-0.3, -0.25) is 9.59 Å². The first-order valence-corrected chi connectivity index (χ1v) is 7.92. The maximum Gasteiger partial charge on any atom is 0.272 e. The van der Waals surface area contributed by atoms with Crippen LogP contribution in [0.1, 0.15) is 30.3 Å². The highest BCUT2D eigenvalue weighted by atomic mass is 16.2. The van der Waals surface area contributed by atoms with Crippen LogP contribution in [-0.4, -0.2) is 50.8 Å². The van der Waals surface area contributed by atoms with Gasteiger partial charge in [0.2, 0.25) is 5.91 Å². The van der Waals surface area contributed by atoms with Crippen molar-refractivity contribution in [2.45, 2.75) is 25.8 Å². The number of piperidine rings is 1. The molecule has 3 rings (SSSR count). The summed E-state index contributed by atoms with van der Waals surface area (Å²) in [5, 5.41) is 2.91. The van der Waals surface area contributed by atoms with E-state index in [0.29, 0.717) is 24.5 Å². The molecule has 0 saturated carbocycles. The second-order valence-corrected chi connectivity index (χ2v) is 5.80. The lowest BCUT2D eigenvalue weighted by molar-refractivity contribution is -0.119. The molecule has 1 N–H and O–H groups in total. The Morgan fingerprint density at radius 1 is 1.17 bits per heavy atom. The normalized spacial score (nSPS) is 15.1. The zero-order chi connectivity index (χ0) is 16.9. The third-order valence-corrected chi connectivity index (χ3v) is 4.01. The first kappa shape index (κ1) is 16.0. The number of hydrogen-bond acceptors (Lipinski definition) is 5. The number of nitrogens with zero attached hydrogens (tertiary/aromatic N) is 4. The van der Waals surface area contributed by atoms with E-state index in [9.17, 15) is 9.59 Å². The molecule has 124 valence electrons. The van der Waals surface area contributed by atoms with Gasteiger partial charge in [0.05, 0.1) is 5.69 Å². The molecule has 1 aliphatic heterocycles. The van der Waals surface area contributed by atoms with E-state index in [0.717, 1.165) is 18.4 Å². The molecule has 1 fully saturated rings. The number of aromatic nitrogens is 3. The third-order valence-electron chi connectivity index (χ3n) is 4.01. The number of hydrogen-bond donors (Lipinski definition) is 1. The van der Waals surface area contributed by atoms with Crippen LogP contribution in [-0.2, 0) is 4.79 Å². The average molecular weight is 325 g/mol. The minimum absolute atomic E-state index is 0.0285. The summed E-state index contributed by atoms with van der Waals surface area (Å²) in [6.07, 6.45) is 6.32.